The zero-order valence-corrected chi connectivity index (χ0v) is 14.7. The van der Waals surface area contributed by atoms with Gasteiger partial charge in [-0.25, -0.2) is 22.9 Å². The number of aryl methyl sites for hydroxylation is 1. The number of nitrogens with one attached hydrogen (secondary N) is 1. The van der Waals surface area contributed by atoms with Crippen LogP contribution in [0.4, 0.5) is 4.39 Å². The third-order valence-corrected chi connectivity index (χ3v) is 6.24. The van der Waals surface area contributed by atoms with Gasteiger partial charge < -0.3 is 4.98 Å². The number of aromatic nitrogens is 4. The van der Waals surface area contributed by atoms with Crippen molar-refractivity contribution in [1.29, 1.82) is 0 Å². The molecule has 0 saturated heterocycles. The summed E-state index contributed by atoms with van der Waals surface area (Å²) < 4.78 is 39.2. The van der Waals surface area contributed by atoms with E-state index in [4.69, 9.17) is 5.14 Å². The van der Waals surface area contributed by atoms with Gasteiger partial charge in [-0.2, -0.15) is 0 Å². The number of alkyl halides is 1. The fourth-order valence-electron chi connectivity index (χ4n) is 3.09. The maximum atomic E-state index is 13.8. The maximum Gasteiger partial charge on any atom is 0.332 e. The Morgan fingerprint density at radius 3 is 2.64 bits per heavy atom. The summed E-state index contributed by atoms with van der Waals surface area (Å²) in [6.45, 7) is 1.00. The Morgan fingerprint density at radius 2 is 2.12 bits per heavy atom. The van der Waals surface area contributed by atoms with Crippen LogP contribution in [0.1, 0.15) is 23.4 Å². The molecule has 2 heterocycles. The van der Waals surface area contributed by atoms with Crippen molar-refractivity contribution >= 4 is 32.4 Å². The smallest absolute Gasteiger partial charge is 0.305 e. The molecule has 0 spiro atoms. The topological polar surface area (TPSA) is 124 Å². The molecule has 11 heteroatoms. The van der Waals surface area contributed by atoms with Crippen LogP contribution in [0.5, 0.6) is 0 Å². The van der Waals surface area contributed by atoms with Crippen LogP contribution in [0.2, 0.25) is 0 Å². The average molecular weight is 383 g/mol. The third kappa shape index (κ3) is 2.41. The van der Waals surface area contributed by atoms with E-state index in [0.717, 1.165) is 0 Å². The van der Waals surface area contributed by atoms with Gasteiger partial charge in [-0.1, -0.05) is 11.3 Å². The van der Waals surface area contributed by atoms with E-state index in [0.29, 0.717) is 28.9 Å². The first-order valence-electron chi connectivity index (χ1n) is 7.44. The summed E-state index contributed by atoms with van der Waals surface area (Å²) >= 11 is 1.18. The highest BCUT2D eigenvalue weighted by molar-refractivity contribution is 7.89. The molecular weight excluding hydrogens is 369 g/mol. The minimum Gasteiger partial charge on any atom is -0.305 e. The number of primary sulfonamides is 1. The fraction of sp³-hybridized carbons (Fsp3) is 0.357. The molecule has 1 aromatic carbocycles. The van der Waals surface area contributed by atoms with E-state index in [9.17, 15) is 17.6 Å². The van der Waals surface area contributed by atoms with E-state index < -0.39 is 27.8 Å². The molecule has 1 fully saturated rings. The van der Waals surface area contributed by atoms with Crippen LogP contribution in [0.15, 0.2) is 21.8 Å². The minimum atomic E-state index is -4.09. The van der Waals surface area contributed by atoms with Crippen LogP contribution in [-0.2, 0) is 15.4 Å². The third-order valence-electron chi connectivity index (χ3n) is 4.46. The molecule has 1 saturated carbocycles. The number of sulfonamides is 1. The van der Waals surface area contributed by atoms with E-state index >= 15 is 0 Å². The molecule has 0 bridgehead atoms. The Morgan fingerprint density at radius 1 is 1.40 bits per heavy atom. The SMILES string of the molecule is Cc1nnc(-n2c(=O)[nH]c3ccc(S(N)(=O)=O)c(C4(CF)CC4)c32)s1. The monoisotopic (exact) mass is 383 g/mol. The highest BCUT2D eigenvalue weighted by Crippen LogP contribution is 2.52. The van der Waals surface area contributed by atoms with Crippen LogP contribution in [0, 0.1) is 6.92 Å². The molecule has 3 N–H and O–H groups in total. The summed E-state index contributed by atoms with van der Waals surface area (Å²) in [5.74, 6) is 0. The first kappa shape index (κ1) is 16.4. The quantitative estimate of drug-likeness (QED) is 0.699. The first-order chi connectivity index (χ1) is 11.8. The van der Waals surface area contributed by atoms with E-state index in [1.54, 1.807) is 6.92 Å². The van der Waals surface area contributed by atoms with Crippen LogP contribution < -0.4 is 10.8 Å². The highest BCUT2D eigenvalue weighted by atomic mass is 32.2. The van der Waals surface area contributed by atoms with Crippen molar-refractivity contribution in [1.82, 2.24) is 19.7 Å². The number of halogens is 1. The van der Waals surface area contributed by atoms with Crippen LogP contribution >= 0.6 is 11.3 Å². The lowest BCUT2D eigenvalue weighted by atomic mass is 9.95. The molecular formula is C14H14FN5O3S2. The molecule has 2 aromatic heterocycles. The Hall–Kier alpha value is -2.11. The van der Waals surface area contributed by atoms with Crippen molar-refractivity contribution in [3.63, 3.8) is 0 Å². The Balaban J connectivity index is 2.18. The normalized spacial score (nSPS) is 16.4. The molecule has 1 aliphatic rings. The molecule has 0 atom stereocenters. The Labute approximate surface area is 145 Å². The molecule has 4 rings (SSSR count). The fourth-order valence-corrected chi connectivity index (χ4v) is 4.64. The summed E-state index contributed by atoms with van der Waals surface area (Å²) in [4.78, 5) is 15.0. The molecule has 0 aliphatic heterocycles. The standard InChI is InChI=1S/C14H14FN5O3S2/c1-7-18-19-13(24-7)20-11-8(17-12(20)21)2-3-9(25(16,22)23)10(11)14(6-15)4-5-14/h2-3H,4-6H2,1H3,(H,17,21)(H2,16,22,23). The molecule has 0 amide bonds. The van der Waals surface area contributed by atoms with Gasteiger partial charge in [0.05, 0.1) is 22.6 Å². The number of benzene rings is 1. The van der Waals surface area contributed by atoms with E-state index in [-0.39, 0.29) is 15.6 Å². The van der Waals surface area contributed by atoms with E-state index in [1.165, 1.54) is 28.0 Å². The summed E-state index contributed by atoms with van der Waals surface area (Å²) in [5.41, 5.74) is -0.505. The number of fused-ring (bicyclic) bond motifs is 1. The number of rotatable bonds is 4. The number of H-pyrrole nitrogens is 1. The van der Waals surface area contributed by atoms with E-state index in [1.807, 2.05) is 0 Å². The highest BCUT2D eigenvalue weighted by Gasteiger charge is 2.49. The predicted octanol–water partition coefficient (Wildman–Crippen LogP) is 1.13. The molecule has 0 radical (unpaired) electrons. The lowest BCUT2D eigenvalue weighted by Crippen LogP contribution is -2.22. The molecule has 3 aromatic rings. The zero-order chi connectivity index (χ0) is 18.0. The molecule has 25 heavy (non-hydrogen) atoms. The van der Waals surface area contributed by atoms with Gasteiger partial charge in [0, 0.05) is 11.0 Å². The largest absolute Gasteiger partial charge is 0.332 e. The second-order valence-corrected chi connectivity index (χ2v) is 8.85. The van der Waals surface area contributed by atoms with Crippen LogP contribution in [-0.4, -0.2) is 34.8 Å². The van der Waals surface area contributed by atoms with Gasteiger partial charge in [-0.3, -0.25) is 4.39 Å². The molecule has 1 aliphatic carbocycles. The Kier molecular flexibility index (Phi) is 3.40. The van der Waals surface area contributed by atoms with Crippen molar-refractivity contribution < 1.29 is 12.8 Å². The summed E-state index contributed by atoms with van der Waals surface area (Å²) in [5, 5.41) is 14.2. The van der Waals surface area contributed by atoms with Crippen molar-refractivity contribution in [3.05, 3.63) is 33.2 Å². The van der Waals surface area contributed by atoms with Gasteiger partial charge in [0.25, 0.3) is 0 Å². The second kappa shape index (κ2) is 5.19. The number of imidazole rings is 1. The Bertz CT molecular complexity index is 1160. The zero-order valence-electron chi connectivity index (χ0n) is 13.1. The molecule has 132 valence electrons. The second-order valence-electron chi connectivity index (χ2n) is 6.16. The van der Waals surface area contributed by atoms with Crippen molar-refractivity contribution in [2.45, 2.75) is 30.1 Å². The van der Waals surface area contributed by atoms with Crippen molar-refractivity contribution in [3.8, 4) is 5.13 Å². The van der Waals surface area contributed by atoms with Crippen LogP contribution in [0.25, 0.3) is 16.2 Å². The van der Waals surface area contributed by atoms with Gasteiger partial charge in [0.2, 0.25) is 15.2 Å². The van der Waals surface area contributed by atoms with Gasteiger partial charge in [0.1, 0.15) is 5.01 Å². The molecule has 8 nitrogen and oxygen atoms in total. The lowest BCUT2D eigenvalue weighted by molar-refractivity contribution is 0.415. The van der Waals surface area contributed by atoms with Crippen LogP contribution in [0.3, 0.4) is 0 Å². The average Bonchev–Trinajstić information content (AvgIpc) is 3.11. The minimum absolute atomic E-state index is 0.163. The van der Waals surface area contributed by atoms with Crippen molar-refractivity contribution in [2.24, 2.45) is 5.14 Å². The van der Waals surface area contributed by atoms with Crippen molar-refractivity contribution in [2.75, 3.05) is 6.67 Å². The number of hydrogen-bond acceptors (Lipinski definition) is 6. The van der Waals surface area contributed by atoms with E-state index in [2.05, 4.69) is 15.2 Å². The number of nitrogens with two attached hydrogens (primary N) is 1. The first-order valence-corrected chi connectivity index (χ1v) is 9.80. The number of nitrogens with zero attached hydrogens (tertiary/aromatic N) is 3. The summed E-state index contributed by atoms with van der Waals surface area (Å²) in [7, 11) is -4.09. The lowest BCUT2D eigenvalue weighted by Gasteiger charge is -2.17. The summed E-state index contributed by atoms with van der Waals surface area (Å²) in [6, 6.07) is 2.77. The number of aromatic amines is 1. The summed E-state index contributed by atoms with van der Waals surface area (Å²) in [6.07, 6.45) is 0.972. The predicted molar refractivity (Wildman–Crippen MR) is 90.4 cm³/mol. The van der Waals surface area contributed by atoms with Gasteiger partial charge in [0.15, 0.2) is 0 Å². The van der Waals surface area contributed by atoms with Gasteiger partial charge in [-0.15, -0.1) is 10.2 Å². The molecule has 0 unspecified atom stereocenters. The maximum absolute atomic E-state index is 13.8. The van der Waals surface area contributed by atoms with Gasteiger partial charge >= 0.3 is 5.69 Å². The number of hydrogen-bond donors (Lipinski definition) is 2. The van der Waals surface area contributed by atoms with Gasteiger partial charge in [-0.05, 0) is 31.9 Å².